The quantitative estimate of drug-likeness (QED) is 0.641. The maximum Gasteiger partial charge on any atom is 0.261 e. The molecule has 0 aromatic heterocycles. The van der Waals surface area contributed by atoms with E-state index in [-0.39, 0.29) is 28.1 Å². The van der Waals surface area contributed by atoms with Crippen LogP contribution in [-0.4, -0.2) is 33.5 Å². The van der Waals surface area contributed by atoms with Crippen LogP contribution >= 0.6 is 11.6 Å². The molecular weight excluding hydrogens is 374 g/mol. The van der Waals surface area contributed by atoms with E-state index in [0.717, 1.165) is 6.54 Å². The highest BCUT2D eigenvalue weighted by Crippen LogP contribution is 2.24. The summed E-state index contributed by atoms with van der Waals surface area (Å²) in [7, 11) is -3.83. The van der Waals surface area contributed by atoms with E-state index < -0.39 is 10.0 Å². The molecule has 0 fully saturated rings. The van der Waals surface area contributed by atoms with Crippen molar-refractivity contribution < 1.29 is 13.2 Å². The first-order valence-corrected chi connectivity index (χ1v) is 10.1. The van der Waals surface area contributed by atoms with Gasteiger partial charge in [-0.25, -0.2) is 8.42 Å². The van der Waals surface area contributed by atoms with Gasteiger partial charge >= 0.3 is 0 Å². The largest absolute Gasteiger partial charge is 0.350 e. The highest BCUT2D eigenvalue weighted by molar-refractivity contribution is 7.92. The molecule has 2 aromatic carbocycles. The Morgan fingerprint density at radius 1 is 1.15 bits per heavy atom. The van der Waals surface area contributed by atoms with E-state index in [2.05, 4.69) is 15.4 Å². The fourth-order valence-corrected chi connectivity index (χ4v) is 3.63. The van der Waals surface area contributed by atoms with Gasteiger partial charge in [-0.2, -0.15) is 0 Å². The summed E-state index contributed by atoms with van der Waals surface area (Å²) in [5.74, 6) is -0.378. The summed E-state index contributed by atoms with van der Waals surface area (Å²) in [6.07, 6.45) is 0. The number of rotatable bonds is 8. The Bertz CT molecular complexity index is 857. The van der Waals surface area contributed by atoms with Crippen LogP contribution in [0.1, 0.15) is 24.2 Å². The summed E-state index contributed by atoms with van der Waals surface area (Å²) in [5, 5.41) is 6.31. The van der Waals surface area contributed by atoms with Gasteiger partial charge in [-0.05, 0) is 43.8 Å². The van der Waals surface area contributed by atoms with E-state index in [0.29, 0.717) is 11.6 Å². The second kappa shape index (κ2) is 9.02. The summed E-state index contributed by atoms with van der Waals surface area (Å²) < 4.78 is 27.5. The number of nitrogens with one attached hydrogen (secondary N) is 3. The first-order chi connectivity index (χ1) is 12.3. The molecule has 26 heavy (non-hydrogen) atoms. The van der Waals surface area contributed by atoms with E-state index in [1.165, 1.54) is 24.3 Å². The second-order valence-electron chi connectivity index (χ2n) is 5.78. The number of anilines is 1. The molecule has 1 atom stereocenters. The Kier molecular flexibility index (Phi) is 7.02. The second-order valence-corrected chi connectivity index (χ2v) is 7.90. The number of carbonyl (C=O) groups excluding carboxylic acids is 1. The number of sulfonamides is 1. The first kappa shape index (κ1) is 20.2. The van der Waals surface area contributed by atoms with Gasteiger partial charge in [0, 0.05) is 17.6 Å². The molecule has 0 saturated carbocycles. The number of amides is 1. The molecule has 0 aliphatic heterocycles. The van der Waals surface area contributed by atoms with Crippen molar-refractivity contribution in [3.05, 3.63) is 59.1 Å². The zero-order chi connectivity index (χ0) is 19.2. The molecule has 3 N–H and O–H groups in total. The maximum absolute atomic E-state index is 12.5. The van der Waals surface area contributed by atoms with E-state index in [4.69, 9.17) is 11.6 Å². The van der Waals surface area contributed by atoms with Crippen molar-refractivity contribution in [2.45, 2.75) is 24.8 Å². The Morgan fingerprint density at radius 2 is 1.85 bits per heavy atom. The molecule has 2 rings (SSSR count). The number of carbonyl (C=O) groups is 1. The van der Waals surface area contributed by atoms with Crippen LogP contribution in [0.3, 0.4) is 0 Å². The summed E-state index contributed by atoms with van der Waals surface area (Å²) >= 11 is 5.99. The van der Waals surface area contributed by atoms with Gasteiger partial charge in [-0.1, -0.05) is 36.7 Å². The zero-order valence-electron chi connectivity index (χ0n) is 14.6. The molecule has 2 aromatic rings. The minimum Gasteiger partial charge on any atom is -0.350 e. The smallest absolute Gasteiger partial charge is 0.261 e. The number of halogens is 1. The number of benzene rings is 2. The molecular formula is C18H22ClN3O3S. The minimum absolute atomic E-state index is 0.0979. The zero-order valence-corrected chi connectivity index (χ0v) is 16.2. The van der Waals surface area contributed by atoms with Gasteiger partial charge < -0.3 is 10.6 Å². The molecule has 0 heterocycles. The predicted octanol–water partition coefficient (Wildman–Crippen LogP) is 2.87. The summed E-state index contributed by atoms with van der Waals surface area (Å²) in [6.45, 7) is 5.14. The van der Waals surface area contributed by atoms with Crippen LogP contribution in [0.5, 0.6) is 0 Å². The van der Waals surface area contributed by atoms with Gasteiger partial charge in [0.25, 0.3) is 15.9 Å². The monoisotopic (exact) mass is 395 g/mol. The third-order valence-corrected chi connectivity index (χ3v) is 5.26. The van der Waals surface area contributed by atoms with E-state index in [9.17, 15) is 13.2 Å². The summed E-state index contributed by atoms with van der Waals surface area (Å²) in [5.41, 5.74) is 0.340. The average Bonchev–Trinajstić information content (AvgIpc) is 2.60. The molecule has 0 saturated heterocycles. The third kappa shape index (κ3) is 5.45. The molecule has 140 valence electrons. The van der Waals surface area contributed by atoms with Crippen LogP contribution in [0.4, 0.5) is 5.69 Å². The van der Waals surface area contributed by atoms with Crippen molar-refractivity contribution in [2.75, 3.05) is 17.8 Å². The average molecular weight is 396 g/mol. The van der Waals surface area contributed by atoms with E-state index >= 15 is 0 Å². The van der Waals surface area contributed by atoms with Crippen molar-refractivity contribution in [1.29, 1.82) is 0 Å². The van der Waals surface area contributed by atoms with E-state index in [1.54, 1.807) is 24.3 Å². The Labute approximate surface area is 159 Å². The highest BCUT2D eigenvalue weighted by atomic mass is 35.5. The minimum atomic E-state index is -3.83. The molecule has 0 radical (unpaired) electrons. The molecule has 0 unspecified atom stereocenters. The Hall–Kier alpha value is -2.09. The van der Waals surface area contributed by atoms with Crippen molar-refractivity contribution in [3.63, 3.8) is 0 Å². The lowest BCUT2D eigenvalue weighted by molar-refractivity contribution is 0.0951. The van der Waals surface area contributed by atoms with Crippen molar-refractivity contribution >= 4 is 33.2 Å². The third-order valence-electron chi connectivity index (χ3n) is 3.65. The Morgan fingerprint density at radius 3 is 2.50 bits per heavy atom. The molecule has 1 amide bonds. The standard InChI is InChI=1S/C18H22ClN3O3S/c1-3-20-13(2)12-21-18(23)16-10-9-14(19)11-17(16)22-26(24,25)15-7-5-4-6-8-15/h4-11,13,20,22H,3,12H2,1-2H3,(H,21,23)/t13-/m1/s1. The molecule has 8 heteroatoms. The maximum atomic E-state index is 12.5. The topological polar surface area (TPSA) is 87.3 Å². The SMILES string of the molecule is CCN[C@H](C)CNC(=O)c1ccc(Cl)cc1NS(=O)(=O)c1ccccc1. The number of likely N-dealkylation sites (N-methyl/N-ethyl adjacent to an activating group) is 1. The Balaban J connectivity index is 2.23. The van der Waals surface area contributed by atoms with Crippen LogP contribution in [0.15, 0.2) is 53.4 Å². The molecule has 0 aliphatic carbocycles. The lowest BCUT2D eigenvalue weighted by atomic mass is 10.1. The molecule has 0 spiro atoms. The lowest BCUT2D eigenvalue weighted by Gasteiger charge is -2.16. The lowest BCUT2D eigenvalue weighted by Crippen LogP contribution is -2.39. The fraction of sp³-hybridized carbons (Fsp3) is 0.278. The van der Waals surface area contributed by atoms with Crippen LogP contribution in [0, 0.1) is 0 Å². The van der Waals surface area contributed by atoms with Gasteiger partial charge in [0.15, 0.2) is 0 Å². The van der Waals surface area contributed by atoms with Crippen LogP contribution < -0.4 is 15.4 Å². The predicted molar refractivity (Wildman–Crippen MR) is 104 cm³/mol. The van der Waals surface area contributed by atoms with Gasteiger partial charge in [0.05, 0.1) is 16.1 Å². The van der Waals surface area contributed by atoms with Crippen LogP contribution in [0.25, 0.3) is 0 Å². The normalized spacial score (nSPS) is 12.4. The molecule has 0 aliphatic rings. The summed E-state index contributed by atoms with van der Waals surface area (Å²) in [4.78, 5) is 12.6. The van der Waals surface area contributed by atoms with Crippen LogP contribution in [-0.2, 0) is 10.0 Å². The number of hydrogen-bond acceptors (Lipinski definition) is 4. The van der Waals surface area contributed by atoms with Crippen molar-refractivity contribution in [1.82, 2.24) is 10.6 Å². The van der Waals surface area contributed by atoms with Gasteiger partial charge in [-0.3, -0.25) is 9.52 Å². The number of hydrogen-bond donors (Lipinski definition) is 3. The van der Waals surface area contributed by atoms with E-state index in [1.807, 2.05) is 13.8 Å². The van der Waals surface area contributed by atoms with Crippen molar-refractivity contribution in [3.8, 4) is 0 Å². The molecule has 0 bridgehead atoms. The molecule has 6 nitrogen and oxygen atoms in total. The van der Waals surface area contributed by atoms with Crippen LogP contribution in [0.2, 0.25) is 5.02 Å². The van der Waals surface area contributed by atoms with Gasteiger partial charge in [-0.15, -0.1) is 0 Å². The highest BCUT2D eigenvalue weighted by Gasteiger charge is 2.19. The fourth-order valence-electron chi connectivity index (χ4n) is 2.36. The summed E-state index contributed by atoms with van der Waals surface area (Å²) in [6, 6.07) is 12.5. The van der Waals surface area contributed by atoms with Gasteiger partial charge in [0.1, 0.15) is 0 Å². The first-order valence-electron chi connectivity index (χ1n) is 8.22. The van der Waals surface area contributed by atoms with Gasteiger partial charge in [0.2, 0.25) is 0 Å². The van der Waals surface area contributed by atoms with Crippen molar-refractivity contribution in [2.24, 2.45) is 0 Å².